The van der Waals surface area contributed by atoms with Crippen LogP contribution in [0.15, 0.2) is 42.5 Å². The van der Waals surface area contributed by atoms with Gasteiger partial charge in [0.05, 0.1) is 11.0 Å². The van der Waals surface area contributed by atoms with Crippen LogP contribution in [0.25, 0.3) is 10.8 Å². The zero-order valence-corrected chi connectivity index (χ0v) is 13.7. The van der Waals surface area contributed by atoms with Crippen LogP contribution in [0.4, 0.5) is 0 Å². The molecule has 0 amide bonds. The van der Waals surface area contributed by atoms with Crippen LogP contribution in [0, 0.1) is 0 Å². The van der Waals surface area contributed by atoms with E-state index < -0.39 is 9.84 Å². The zero-order valence-electron chi connectivity index (χ0n) is 12.8. The lowest BCUT2D eigenvalue weighted by atomic mass is 10.0. The van der Waals surface area contributed by atoms with Crippen LogP contribution in [0.1, 0.15) is 31.9 Å². The maximum Gasteiger partial charge on any atom is 0.154 e. The lowest BCUT2D eigenvalue weighted by Crippen LogP contribution is -2.30. The molecule has 0 saturated carbocycles. The summed E-state index contributed by atoms with van der Waals surface area (Å²) in [7, 11) is -1.27. The Morgan fingerprint density at radius 3 is 2.38 bits per heavy atom. The van der Waals surface area contributed by atoms with Gasteiger partial charge in [-0.15, -0.1) is 0 Å². The minimum Gasteiger partial charge on any atom is -0.312 e. The van der Waals surface area contributed by atoms with Gasteiger partial charge in [0.15, 0.2) is 9.84 Å². The fourth-order valence-electron chi connectivity index (χ4n) is 2.42. The maximum atomic E-state index is 12.3. The Morgan fingerprint density at radius 1 is 1.10 bits per heavy atom. The van der Waals surface area contributed by atoms with E-state index in [9.17, 15) is 8.42 Å². The fraction of sp³-hybridized carbons (Fsp3) is 0.412. The first-order valence-corrected chi connectivity index (χ1v) is 9.07. The van der Waals surface area contributed by atoms with Crippen LogP contribution < -0.4 is 5.32 Å². The van der Waals surface area contributed by atoms with Crippen molar-refractivity contribution >= 4 is 20.6 Å². The van der Waals surface area contributed by atoms with Gasteiger partial charge in [-0.1, -0.05) is 43.3 Å². The van der Waals surface area contributed by atoms with Crippen molar-refractivity contribution in [2.45, 2.75) is 31.6 Å². The number of hydrogen-bond donors (Lipinski definition) is 1. The molecular formula is C17H23NO2S. The predicted molar refractivity (Wildman–Crippen MR) is 89.3 cm³/mol. The Kier molecular flexibility index (Phi) is 5.01. The third-order valence-corrected chi connectivity index (χ3v) is 6.47. The maximum absolute atomic E-state index is 12.3. The highest BCUT2D eigenvalue weighted by Crippen LogP contribution is 2.23. The number of rotatable bonds is 6. The van der Waals surface area contributed by atoms with Gasteiger partial charge in [-0.25, -0.2) is 8.42 Å². The highest BCUT2D eigenvalue weighted by atomic mass is 32.2. The topological polar surface area (TPSA) is 46.2 Å². The number of benzene rings is 2. The lowest BCUT2D eigenvalue weighted by molar-refractivity contribution is 0.561. The molecule has 2 atom stereocenters. The van der Waals surface area contributed by atoms with E-state index in [1.807, 2.05) is 38.2 Å². The van der Waals surface area contributed by atoms with Crippen LogP contribution in [0.2, 0.25) is 0 Å². The third-order valence-electron chi connectivity index (χ3n) is 4.11. The molecule has 0 spiro atoms. The number of hydrogen-bond acceptors (Lipinski definition) is 3. The Labute approximate surface area is 127 Å². The molecule has 0 aliphatic heterocycles. The highest BCUT2D eigenvalue weighted by Gasteiger charge is 2.24. The molecule has 21 heavy (non-hydrogen) atoms. The third kappa shape index (κ3) is 3.63. The predicted octanol–water partition coefficient (Wildman–Crippen LogP) is 3.31. The summed E-state index contributed by atoms with van der Waals surface area (Å²) in [5, 5.41) is 5.14. The minimum atomic E-state index is -3.09. The Bertz CT molecular complexity index is 710. The molecule has 2 aromatic carbocycles. The van der Waals surface area contributed by atoms with Crippen LogP contribution >= 0.6 is 0 Å². The van der Waals surface area contributed by atoms with E-state index in [1.54, 1.807) is 6.92 Å². The van der Waals surface area contributed by atoms with Crippen molar-refractivity contribution in [2.75, 3.05) is 12.8 Å². The molecule has 0 aromatic heterocycles. The van der Waals surface area contributed by atoms with Gasteiger partial charge >= 0.3 is 0 Å². The minimum absolute atomic E-state index is 0.136. The summed E-state index contributed by atoms with van der Waals surface area (Å²) < 4.78 is 24.7. The van der Waals surface area contributed by atoms with Gasteiger partial charge < -0.3 is 5.32 Å². The van der Waals surface area contributed by atoms with E-state index in [1.165, 1.54) is 5.39 Å². The monoisotopic (exact) mass is 305 g/mol. The van der Waals surface area contributed by atoms with E-state index in [4.69, 9.17) is 0 Å². The summed E-state index contributed by atoms with van der Waals surface area (Å²) in [5.41, 5.74) is 1.02. The molecule has 0 aliphatic rings. The van der Waals surface area contributed by atoms with Crippen LogP contribution in [0.5, 0.6) is 0 Å². The molecular weight excluding hydrogens is 282 g/mol. The van der Waals surface area contributed by atoms with Crippen molar-refractivity contribution in [2.24, 2.45) is 0 Å². The van der Waals surface area contributed by atoms with Gasteiger partial charge in [0.25, 0.3) is 0 Å². The molecule has 0 bridgehead atoms. The van der Waals surface area contributed by atoms with Crippen LogP contribution in [-0.2, 0) is 9.84 Å². The van der Waals surface area contributed by atoms with E-state index >= 15 is 0 Å². The Hall–Kier alpha value is -1.39. The van der Waals surface area contributed by atoms with Crippen LogP contribution in [-0.4, -0.2) is 26.5 Å². The summed E-state index contributed by atoms with van der Waals surface area (Å²) in [6.45, 7) is 3.69. The van der Waals surface area contributed by atoms with Gasteiger partial charge in [-0.2, -0.15) is 0 Å². The Morgan fingerprint density at radius 2 is 1.76 bits per heavy atom. The lowest BCUT2D eigenvalue weighted by Gasteiger charge is -2.20. The zero-order chi connectivity index (χ0) is 15.5. The largest absolute Gasteiger partial charge is 0.312 e. The van der Waals surface area contributed by atoms with E-state index in [-0.39, 0.29) is 17.0 Å². The van der Waals surface area contributed by atoms with E-state index in [0.29, 0.717) is 6.42 Å². The summed E-state index contributed by atoms with van der Waals surface area (Å²) in [6.07, 6.45) is 0.649. The molecule has 0 saturated heterocycles. The first kappa shape index (κ1) is 16.0. The second kappa shape index (κ2) is 6.58. The molecule has 1 N–H and O–H groups in total. The fourth-order valence-corrected chi connectivity index (χ4v) is 4.08. The molecule has 0 fully saturated rings. The van der Waals surface area contributed by atoms with Crippen molar-refractivity contribution in [1.82, 2.24) is 5.32 Å². The SMILES string of the molecule is CCC(C)S(=O)(=O)CC(NC)c1ccc2ccccc2c1. The number of sulfone groups is 1. The van der Waals surface area contributed by atoms with Crippen LogP contribution in [0.3, 0.4) is 0 Å². The van der Waals surface area contributed by atoms with Crippen molar-refractivity contribution < 1.29 is 8.42 Å². The molecule has 0 radical (unpaired) electrons. The van der Waals surface area contributed by atoms with Crippen molar-refractivity contribution in [3.05, 3.63) is 48.0 Å². The number of nitrogens with one attached hydrogen (secondary N) is 1. The molecule has 0 heterocycles. The summed E-state index contributed by atoms with van der Waals surface area (Å²) in [6, 6.07) is 14.1. The average Bonchev–Trinajstić information content (AvgIpc) is 2.51. The summed E-state index contributed by atoms with van der Waals surface area (Å²) in [5.74, 6) is 0.136. The Balaban J connectivity index is 2.31. The second-order valence-corrected chi connectivity index (χ2v) is 7.96. The first-order valence-electron chi connectivity index (χ1n) is 7.35. The van der Waals surface area contributed by atoms with Crippen molar-refractivity contribution in [1.29, 1.82) is 0 Å². The van der Waals surface area contributed by atoms with E-state index in [0.717, 1.165) is 10.9 Å². The molecule has 2 rings (SSSR count). The standard InChI is InChI=1S/C17H23NO2S/c1-4-13(2)21(19,20)12-17(18-3)16-10-9-14-7-5-6-8-15(14)11-16/h5-11,13,17-18H,4,12H2,1-3H3. The highest BCUT2D eigenvalue weighted by molar-refractivity contribution is 7.92. The van der Waals surface area contributed by atoms with Gasteiger partial charge in [0.2, 0.25) is 0 Å². The summed E-state index contributed by atoms with van der Waals surface area (Å²) >= 11 is 0. The second-order valence-electron chi connectivity index (χ2n) is 5.50. The molecule has 0 aliphatic carbocycles. The van der Waals surface area contributed by atoms with Gasteiger partial charge in [0, 0.05) is 6.04 Å². The van der Waals surface area contributed by atoms with Gasteiger partial charge in [0.1, 0.15) is 0 Å². The smallest absolute Gasteiger partial charge is 0.154 e. The van der Waals surface area contributed by atoms with Crippen molar-refractivity contribution in [3.8, 4) is 0 Å². The average molecular weight is 305 g/mol. The molecule has 2 aromatic rings. The number of fused-ring (bicyclic) bond motifs is 1. The van der Waals surface area contributed by atoms with E-state index in [2.05, 4.69) is 23.5 Å². The quantitative estimate of drug-likeness (QED) is 0.890. The first-order chi connectivity index (χ1) is 9.97. The van der Waals surface area contributed by atoms with Gasteiger partial charge in [-0.3, -0.25) is 0 Å². The summed E-state index contributed by atoms with van der Waals surface area (Å²) in [4.78, 5) is 0. The molecule has 3 nitrogen and oxygen atoms in total. The molecule has 4 heteroatoms. The normalized spacial score (nSPS) is 15.0. The van der Waals surface area contributed by atoms with Crippen molar-refractivity contribution in [3.63, 3.8) is 0 Å². The van der Waals surface area contributed by atoms with Gasteiger partial charge in [-0.05, 0) is 42.8 Å². The molecule has 2 unspecified atom stereocenters. The molecule has 114 valence electrons.